The minimum atomic E-state index is -0.881. The number of carbonyl (C=O) groups excluding carboxylic acids is 2. The molecule has 1 aliphatic heterocycles. The second kappa shape index (κ2) is 9.98. The number of carbonyl (C=O) groups is 2. The van der Waals surface area contributed by atoms with Gasteiger partial charge in [0.2, 0.25) is 0 Å². The zero-order valence-electron chi connectivity index (χ0n) is 18.5. The van der Waals surface area contributed by atoms with Crippen LogP contribution >= 0.6 is 11.6 Å². The summed E-state index contributed by atoms with van der Waals surface area (Å²) in [4.78, 5) is 31.2. The molecule has 0 saturated carbocycles. The van der Waals surface area contributed by atoms with Crippen LogP contribution < -0.4 is 0 Å². The van der Waals surface area contributed by atoms with Crippen molar-refractivity contribution < 1.29 is 23.5 Å². The van der Waals surface area contributed by atoms with Gasteiger partial charge in [-0.25, -0.2) is 4.39 Å². The minimum Gasteiger partial charge on any atom is -0.463 e. The Hall–Kier alpha value is -2.83. The number of aliphatic imine (C=N–C) groups is 1. The van der Waals surface area contributed by atoms with Crippen molar-refractivity contribution in [3.8, 4) is 0 Å². The Labute approximate surface area is 197 Å². The quantitative estimate of drug-likeness (QED) is 0.428. The van der Waals surface area contributed by atoms with Gasteiger partial charge in [-0.1, -0.05) is 41.9 Å². The fourth-order valence-corrected chi connectivity index (χ4v) is 4.84. The van der Waals surface area contributed by atoms with Crippen LogP contribution in [0.25, 0.3) is 0 Å². The van der Waals surface area contributed by atoms with Gasteiger partial charge in [0, 0.05) is 41.5 Å². The summed E-state index contributed by atoms with van der Waals surface area (Å²) >= 11 is 6.02. The van der Waals surface area contributed by atoms with Gasteiger partial charge >= 0.3 is 5.97 Å². The van der Waals surface area contributed by atoms with E-state index >= 15 is 0 Å². The third-order valence-electron chi connectivity index (χ3n) is 6.26. The average Bonchev–Trinajstić information content (AvgIpc) is 2.79. The van der Waals surface area contributed by atoms with E-state index in [1.165, 1.54) is 13.2 Å². The highest BCUT2D eigenvalue weighted by molar-refractivity contribution is 6.30. The number of ketones is 1. The summed E-state index contributed by atoms with van der Waals surface area (Å²) < 4.78 is 25.3. The normalized spacial score (nSPS) is 22.6. The lowest BCUT2D eigenvalue weighted by molar-refractivity contribution is -0.147. The van der Waals surface area contributed by atoms with Gasteiger partial charge in [-0.2, -0.15) is 0 Å². The molecule has 172 valence electrons. The maximum atomic E-state index is 15.0. The number of rotatable bonds is 6. The second-order valence-corrected chi connectivity index (χ2v) is 8.77. The van der Waals surface area contributed by atoms with E-state index in [4.69, 9.17) is 21.1 Å². The molecular formula is C26H25ClFNO4. The van der Waals surface area contributed by atoms with Crippen LogP contribution in [0.3, 0.4) is 0 Å². The lowest BCUT2D eigenvalue weighted by Gasteiger charge is -2.36. The van der Waals surface area contributed by atoms with Crippen LogP contribution in [-0.4, -0.2) is 37.8 Å². The van der Waals surface area contributed by atoms with Crippen molar-refractivity contribution in [1.29, 1.82) is 0 Å². The first kappa shape index (κ1) is 23.3. The van der Waals surface area contributed by atoms with E-state index in [-0.39, 0.29) is 31.3 Å². The number of ether oxygens (including phenoxy) is 2. The van der Waals surface area contributed by atoms with Crippen molar-refractivity contribution in [2.75, 3.05) is 20.3 Å². The zero-order valence-corrected chi connectivity index (χ0v) is 19.3. The number of esters is 1. The van der Waals surface area contributed by atoms with E-state index in [9.17, 15) is 14.0 Å². The third-order valence-corrected chi connectivity index (χ3v) is 6.51. The van der Waals surface area contributed by atoms with E-state index in [1.54, 1.807) is 37.3 Å². The summed E-state index contributed by atoms with van der Waals surface area (Å²) in [6.45, 7) is 2.05. The molecule has 7 heteroatoms. The molecule has 4 rings (SSSR count). The molecule has 3 atom stereocenters. The van der Waals surface area contributed by atoms with E-state index < -0.39 is 23.6 Å². The number of methoxy groups -OCH3 is 1. The Morgan fingerprint density at radius 2 is 1.85 bits per heavy atom. The molecule has 33 heavy (non-hydrogen) atoms. The first-order valence-electron chi connectivity index (χ1n) is 10.9. The van der Waals surface area contributed by atoms with E-state index in [1.807, 2.05) is 12.1 Å². The molecule has 1 heterocycles. The number of allylic oxidation sites excluding steroid dienone is 2. The van der Waals surface area contributed by atoms with E-state index in [0.29, 0.717) is 34.0 Å². The summed E-state index contributed by atoms with van der Waals surface area (Å²) in [5.41, 5.74) is 2.82. The number of nitrogens with zero attached hydrogens (tertiary/aromatic N) is 1. The number of hydrogen-bond acceptors (Lipinski definition) is 5. The molecular weight excluding hydrogens is 445 g/mol. The average molecular weight is 470 g/mol. The highest BCUT2D eigenvalue weighted by Crippen LogP contribution is 2.47. The smallest absolute Gasteiger partial charge is 0.315 e. The maximum absolute atomic E-state index is 15.0. The monoisotopic (exact) mass is 469 g/mol. The largest absolute Gasteiger partial charge is 0.463 e. The number of halogens is 2. The van der Waals surface area contributed by atoms with Gasteiger partial charge in [-0.15, -0.1) is 0 Å². The molecule has 2 aromatic rings. The van der Waals surface area contributed by atoms with Crippen molar-refractivity contribution in [3.05, 3.63) is 81.8 Å². The summed E-state index contributed by atoms with van der Waals surface area (Å²) in [6.07, 6.45) is 0.780. The molecule has 0 spiro atoms. The maximum Gasteiger partial charge on any atom is 0.315 e. The fraction of sp³-hybridized carbons (Fsp3) is 0.346. The number of benzene rings is 2. The molecule has 1 aliphatic carbocycles. The molecule has 0 N–H and O–H groups in total. The van der Waals surface area contributed by atoms with Crippen LogP contribution in [0.2, 0.25) is 5.02 Å². The molecule has 0 amide bonds. The zero-order chi connectivity index (χ0) is 23.5. The SMILES string of the molecule is COCCOC(=O)C1C(C)=NC2=C(C(=O)C[C@H](c3ccc(Cl)cc3)C2)[C@@H]1c1ccccc1F. The van der Waals surface area contributed by atoms with Gasteiger partial charge in [0.15, 0.2) is 5.78 Å². The van der Waals surface area contributed by atoms with Gasteiger partial charge in [0.25, 0.3) is 0 Å². The minimum absolute atomic E-state index is 0.0588. The predicted molar refractivity (Wildman–Crippen MR) is 124 cm³/mol. The van der Waals surface area contributed by atoms with Gasteiger partial charge in [-0.3, -0.25) is 14.6 Å². The van der Waals surface area contributed by atoms with Crippen molar-refractivity contribution in [1.82, 2.24) is 0 Å². The van der Waals surface area contributed by atoms with Crippen LogP contribution in [0.1, 0.15) is 42.7 Å². The molecule has 0 bridgehead atoms. The van der Waals surface area contributed by atoms with Crippen LogP contribution in [0.15, 0.2) is 64.8 Å². The number of hydrogen-bond donors (Lipinski definition) is 0. The van der Waals surface area contributed by atoms with E-state index in [2.05, 4.69) is 4.99 Å². The lowest BCUT2D eigenvalue weighted by Crippen LogP contribution is -2.38. The third kappa shape index (κ3) is 4.77. The Morgan fingerprint density at radius 3 is 2.55 bits per heavy atom. The Morgan fingerprint density at radius 1 is 1.12 bits per heavy atom. The Balaban J connectivity index is 1.76. The summed E-state index contributed by atoms with van der Waals surface area (Å²) in [7, 11) is 1.51. The molecule has 2 aromatic carbocycles. The van der Waals surface area contributed by atoms with Crippen LogP contribution in [-0.2, 0) is 19.1 Å². The van der Waals surface area contributed by atoms with Crippen molar-refractivity contribution >= 4 is 29.1 Å². The Bertz CT molecular complexity index is 1130. The van der Waals surface area contributed by atoms with Crippen molar-refractivity contribution in [2.45, 2.75) is 31.6 Å². The van der Waals surface area contributed by atoms with Gasteiger partial charge in [0.1, 0.15) is 18.3 Å². The molecule has 5 nitrogen and oxygen atoms in total. The van der Waals surface area contributed by atoms with Gasteiger partial charge < -0.3 is 9.47 Å². The lowest BCUT2D eigenvalue weighted by atomic mass is 9.69. The standard InChI is InChI=1S/C26H25ClFNO4/c1-15-23(26(31)33-12-11-32-2)24(19-5-3-4-6-20(19)28)25-21(29-15)13-17(14-22(25)30)16-7-9-18(27)10-8-16/h3-10,17,23-24H,11-14H2,1-2H3/t17-,23?,24-/m1/s1. The number of Topliss-reactive ketones (excluding diaryl/α,β-unsaturated/α-hetero) is 1. The molecule has 0 aromatic heterocycles. The Kier molecular flexibility index (Phi) is 7.05. The summed E-state index contributed by atoms with van der Waals surface area (Å²) in [5, 5.41) is 0.627. The summed E-state index contributed by atoms with van der Waals surface area (Å²) in [5.74, 6) is -2.86. The fourth-order valence-electron chi connectivity index (χ4n) is 4.71. The molecule has 0 radical (unpaired) electrons. The molecule has 2 aliphatic rings. The predicted octanol–water partition coefficient (Wildman–Crippen LogP) is 5.24. The first-order chi connectivity index (χ1) is 15.9. The highest BCUT2D eigenvalue weighted by atomic mass is 35.5. The van der Waals surface area contributed by atoms with Crippen molar-refractivity contribution in [3.63, 3.8) is 0 Å². The van der Waals surface area contributed by atoms with E-state index in [0.717, 1.165) is 5.56 Å². The van der Waals surface area contributed by atoms with Gasteiger partial charge in [0.05, 0.1) is 6.61 Å². The van der Waals surface area contributed by atoms with Crippen molar-refractivity contribution in [2.24, 2.45) is 10.9 Å². The van der Waals surface area contributed by atoms with Crippen LogP contribution in [0.4, 0.5) is 4.39 Å². The van der Waals surface area contributed by atoms with Crippen LogP contribution in [0, 0.1) is 11.7 Å². The second-order valence-electron chi connectivity index (χ2n) is 8.33. The molecule has 0 saturated heterocycles. The molecule has 0 fully saturated rings. The van der Waals surface area contributed by atoms with Gasteiger partial charge in [-0.05, 0) is 48.6 Å². The summed E-state index contributed by atoms with van der Waals surface area (Å²) in [6, 6.07) is 13.7. The first-order valence-corrected chi connectivity index (χ1v) is 11.3. The topological polar surface area (TPSA) is 65.0 Å². The molecule has 1 unspecified atom stereocenters. The highest BCUT2D eigenvalue weighted by Gasteiger charge is 2.45. The van der Waals surface area contributed by atoms with Crippen LogP contribution in [0.5, 0.6) is 0 Å².